The molecule has 0 aliphatic carbocycles. The maximum atomic E-state index is 11.0. The highest BCUT2D eigenvalue weighted by molar-refractivity contribution is 7.99. The highest BCUT2D eigenvalue weighted by Gasteiger charge is 2.14. The molecule has 0 saturated heterocycles. The minimum absolute atomic E-state index is 0.0752. The van der Waals surface area contributed by atoms with Crippen molar-refractivity contribution in [2.45, 2.75) is 23.3 Å². The molecule has 20 heavy (non-hydrogen) atoms. The Balaban J connectivity index is 2.20. The quantitative estimate of drug-likeness (QED) is 0.649. The second-order valence-corrected chi connectivity index (χ2v) is 5.06. The first-order valence-electron chi connectivity index (χ1n) is 6.18. The lowest BCUT2D eigenvalue weighted by Gasteiger charge is -2.05. The van der Waals surface area contributed by atoms with Crippen molar-refractivity contribution in [1.82, 2.24) is 9.97 Å². The van der Waals surface area contributed by atoms with Gasteiger partial charge in [-0.2, -0.15) is 0 Å². The first kappa shape index (κ1) is 14.3. The maximum absolute atomic E-state index is 11.0. The van der Waals surface area contributed by atoms with Gasteiger partial charge in [-0.15, -0.1) is 0 Å². The summed E-state index contributed by atoms with van der Waals surface area (Å²) in [4.78, 5) is 19.6. The van der Waals surface area contributed by atoms with Crippen LogP contribution in [0, 0.1) is 10.1 Å². The van der Waals surface area contributed by atoms with Crippen LogP contribution >= 0.6 is 11.8 Å². The van der Waals surface area contributed by atoms with Crippen LogP contribution in [0.2, 0.25) is 0 Å². The van der Waals surface area contributed by atoms with Crippen molar-refractivity contribution >= 4 is 23.3 Å². The molecule has 0 radical (unpaired) electrons. The van der Waals surface area contributed by atoms with Crippen LogP contribution in [0.5, 0.6) is 0 Å². The number of nitrogens with zero attached hydrogens (tertiary/aromatic N) is 3. The van der Waals surface area contributed by atoms with Gasteiger partial charge in [0.25, 0.3) is 5.69 Å². The maximum Gasteiger partial charge on any atom is 0.283 e. The molecule has 1 aromatic heterocycles. The fourth-order valence-corrected chi connectivity index (χ4v) is 2.42. The highest BCUT2D eigenvalue weighted by Crippen LogP contribution is 2.33. The predicted octanol–water partition coefficient (Wildman–Crippen LogP) is 3.36. The molecule has 7 heteroatoms. The number of rotatable bonds is 6. The second kappa shape index (κ2) is 6.85. The summed E-state index contributed by atoms with van der Waals surface area (Å²) in [5, 5.41) is 14.7. The summed E-state index contributed by atoms with van der Waals surface area (Å²) in [6, 6.07) is 6.60. The zero-order valence-corrected chi connectivity index (χ0v) is 11.8. The van der Waals surface area contributed by atoms with E-state index in [9.17, 15) is 10.1 Å². The molecule has 1 aromatic carbocycles. The number of hydrogen-bond acceptors (Lipinski definition) is 6. The average Bonchev–Trinajstić information content (AvgIpc) is 2.46. The average molecular weight is 290 g/mol. The molecule has 0 fully saturated rings. The number of benzene rings is 1. The highest BCUT2D eigenvalue weighted by atomic mass is 32.2. The summed E-state index contributed by atoms with van der Waals surface area (Å²) in [6.07, 6.45) is 4.22. The van der Waals surface area contributed by atoms with Crippen molar-refractivity contribution in [2.75, 3.05) is 11.9 Å². The smallest absolute Gasteiger partial charge is 0.283 e. The van der Waals surface area contributed by atoms with Crippen LogP contribution in [0.3, 0.4) is 0 Å². The van der Waals surface area contributed by atoms with Gasteiger partial charge in [0.1, 0.15) is 10.8 Å². The summed E-state index contributed by atoms with van der Waals surface area (Å²) in [6.45, 7) is 2.88. The molecule has 0 unspecified atom stereocenters. The van der Waals surface area contributed by atoms with Gasteiger partial charge in [0.2, 0.25) is 0 Å². The number of nitrogens with one attached hydrogen (secondary N) is 1. The Morgan fingerprint density at radius 2 is 2.15 bits per heavy atom. The van der Waals surface area contributed by atoms with E-state index in [0.717, 1.165) is 13.0 Å². The minimum atomic E-state index is -0.394. The largest absolute Gasteiger partial charge is 0.369 e. The lowest BCUT2D eigenvalue weighted by Crippen LogP contribution is -2.02. The lowest BCUT2D eigenvalue weighted by molar-refractivity contribution is -0.387. The molecule has 0 bridgehead atoms. The van der Waals surface area contributed by atoms with Crippen LogP contribution in [-0.4, -0.2) is 21.4 Å². The monoisotopic (exact) mass is 290 g/mol. The molecular weight excluding hydrogens is 276 g/mol. The fraction of sp³-hybridized carbons (Fsp3) is 0.231. The molecule has 0 aliphatic heterocycles. The van der Waals surface area contributed by atoms with Crippen molar-refractivity contribution in [2.24, 2.45) is 0 Å². The SMILES string of the molecule is CCCNc1cncc(Sc2ccccc2[N+](=O)[O-])n1. The first-order valence-corrected chi connectivity index (χ1v) is 6.99. The van der Waals surface area contributed by atoms with Gasteiger partial charge >= 0.3 is 0 Å². The molecule has 104 valence electrons. The Kier molecular flexibility index (Phi) is 4.89. The third-order valence-electron chi connectivity index (χ3n) is 2.45. The van der Waals surface area contributed by atoms with E-state index in [2.05, 4.69) is 22.2 Å². The first-order chi connectivity index (χ1) is 9.70. The summed E-state index contributed by atoms with van der Waals surface area (Å²) in [7, 11) is 0. The van der Waals surface area contributed by atoms with E-state index >= 15 is 0 Å². The number of nitro groups is 1. The van der Waals surface area contributed by atoms with Gasteiger partial charge in [-0.1, -0.05) is 30.8 Å². The number of para-hydroxylation sites is 1. The number of nitro benzene ring substituents is 1. The van der Waals surface area contributed by atoms with E-state index in [-0.39, 0.29) is 5.69 Å². The predicted molar refractivity (Wildman–Crippen MR) is 78.0 cm³/mol. The molecule has 2 rings (SSSR count). The third-order valence-corrected chi connectivity index (χ3v) is 3.42. The zero-order chi connectivity index (χ0) is 14.4. The van der Waals surface area contributed by atoms with Gasteiger partial charge in [-0.3, -0.25) is 15.1 Å². The van der Waals surface area contributed by atoms with Crippen LogP contribution in [0.1, 0.15) is 13.3 Å². The molecule has 2 aromatic rings. The van der Waals surface area contributed by atoms with Crippen molar-refractivity contribution in [3.05, 3.63) is 46.8 Å². The molecule has 0 amide bonds. The zero-order valence-electron chi connectivity index (χ0n) is 10.9. The van der Waals surface area contributed by atoms with E-state index in [4.69, 9.17) is 0 Å². The van der Waals surface area contributed by atoms with Crippen molar-refractivity contribution in [3.8, 4) is 0 Å². The third kappa shape index (κ3) is 3.67. The fourth-order valence-electron chi connectivity index (χ4n) is 1.54. The lowest BCUT2D eigenvalue weighted by atomic mass is 10.3. The summed E-state index contributed by atoms with van der Waals surface area (Å²) in [5.74, 6) is 0.676. The number of anilines is 1. The standard InChI is InChI=1S/C13H14N4O2S/c1-2-7-15-12-8-14-9-13(16-12)20-11-6-4-3-5-10(11)17(18)19/h3-6,8-9H,2,7H2,1H3,(H,15,16). The van der Waals surface area contributed by atoms with Gasteiger partial charge in [-0.05, 0) is 12.5 Å². The Morgan fingerprint density at radius 1 is 1.35 bits per heavy atom. The van der Waals surface area contributed by atoms with Crippen LogP contribution in [0.25, 0.3) is 0 Å². The Bertz CT molecular complexity index is 606. The molecular formula is C13H14N4O2S. The van der Waals surface area contributed by atoms with Gasteiger partial charge in [0.05, 0.1) is 22.2 Å². The normalized spacial score (nSPS) is 10.2. The topological polar surface area (TPSA) is 81.0 Å². The van der Waals surface area contributed by atoms with Gasteiger partial charge < -0.3 is 5.32 Å². The summed E-state index contributed by atoms with van der Waals surface area (Å²) >= 11 is 1.23. The van der Waals surface area contributed by atoms with E-state index in [1.807, 2.05) is 0 Å². The molecule has 0 atom stereocenters. The van der Waals surface area contributed by atoms with Crippen LogP contribution < -0.4 is 5.32 Å². The van der Waals surface area contributed by atoms with Gasteiger partial charge in [-0.25, -0.2) is 4.98 Å². The van der Waals surface area contributed by atoms with E-state index in [0.29, 0.717) is 15.7 Å². The molecule has 0 aliphatic rings. The van der Waals surface area contributed by atoms with Crippen LogP contribution in [0.4, 0.5) is 11.5 Å². The van der Waals surface area contributed by atoms with Crippen molar-refractivity contribution < 1.29 is 4.92 Å². The van der Waals surface area contributed by atoms with Crippen LogP contribution in [0.15, 0.2) is 46.6 Å². The number of aromatic nitrogens is 2. The Morgan fingerprint density at radius 3 is 2.90 bits per heavy atom. The van der Waals surface area contributed by atoms with Crippen LogP contribution in [-0.2, 0) is 0 Å². The number of hydrogen-bond donors (Lipinski definition) is 1. The van der Waals surface area contributed by atoms with E-state index in [1.54, 1.807) is 30.6 Å². The van der Waals surface area contributed by atoms with Crippen molar-refractivity contribution in [1.29, 1.82) is 0 Å². The summed E-state index contributed by atoms with van der Waals surface area (Å²) in [5.41, 5.74) is 0.0752. The van der Waals surface area contributed by atoms with Gasteiger partial charge in [0.15, 0.2) is 0 Å². The Labute approximate surface area is 120 Å². The molecule has 1 N–H and O–H groups in total. The molecule has 0 spiro atoms. The van der Waals surface area contributed by atoms with E-state index in [1.165, 1.54) is 17.8 Å². The van der Waals surface area contributed by atoms with Gasteiger partial charge in [0, 0.05) is 12.6 Å². The Hall–Kier alpha value is -2.15. The second-order valence-electron chi connectivity index (χ2n) is 4.00. The minimum Gasteiger partial charge on any atom is -0.369 e. The molecule has 0 saturated carbocycles. The molecule has 6 nitrogen and oxygen atoms in total. The van der Waals surface area contributed by atoms with Crippen molar-refractivity contribution in [3.63, 3.8) is 0 Å². The summed E-state index contributed by atoms with van der Waals surface area (Å²) < 4.78 is 0. The van der Waals surface area contributed by atoms with E-state index < -0.39 is 4.92 Å². The molecule has 1 heterocycles.